The van der Waals surface area contributed by atoms with Gasteiger partial charge in [-0.25, -0.2) is 0 Å². The van der Waals surface area contributed by atoms with Crippen LogP contribution in [-0.2, 0) is 14.3 Å². The number of carbonyl (C=O) groups is 3. The Labute approximate surface area is 134 Å². The predicted octanol–water partition coefficient (Wildman–Crippen LogP) is 0.482. The molecule has 0 aliphatic carbocycles. The highest BCUT2D eigenvalue weighted by Crippen LogP contribution is 2.20. The lowest BCUT2D eigenvalue weighted by Gasteiger charge is -2.17. The molecular weight excluding hydrogens is 302 g/mol. The lowest BCUT2D eigenvalue weighted by molar-refractivity contribution is -0.143. The third-order valence-electron chi connectivity index (χ3n) is 3.21. The zero-order valence-corrected chi connectivity index (χ0v) is 12.9. The lowest BCUT2D eigenvalue weighted by atomic mass is 9.99. The summed E-state index contributed by atoms with van der Waals surface area (Å²) in [6, 6.07) is 5.94. The zero-order chi connectivity index (χ0) is 17.4. The third-order valence-corrected chi connectivity index (χ3v) is 3.21. The van der Waals surface area contributed by atoms with Crippen LogP contribution in [0.5, 0.6) is 0 Å². The number of rotatable bonds is 9. The first kappa shape index (κ1) is 18.8. The van der Waals surface area contributed by atoms with Crippen LogP contribution in [0.25, 0.3) is 0 Å². The van der Waals surface area contributed by atoms with E-state index in [1.54, 1.807) is 6.92 Å². The van der Waals surface area contributed by atoms with Crippen LogP contribution in [0.3, 0.4) is 0 Å². The fourth-order valence-electron chi connectivity index (χ4n) is 2.00. The summed E-state index contributed by atoms with van der Waals surface area (Å²) in [5.74, 6) is -1.37. The van der Waals surface area contributed by atoms with Crippen LogP contribution in [0, 0.1) is 0 Å². The van der Waals surface area contributed by atoms with Crippen LogP contribution < -0.4 is 5.73 Å². The fraction of sp³-hybridized carbons (Fsp3) is 0.438. The van der Waals surface area contributed by atoms with Crippen molar-refractivity contribution in [3.8, 4) is 0 Å². The molecule has 2 atom stereocenters. The lowest BCUT2D eigenvalue weighted by Crippen LogP contribution is -2.25. The fourth-order valence-corrected chi connectivity index (χ4v) is 2.00. The van der Waals surface area contributed by atoms with Crippen LogP contribution in [0.15, 0.2) is 24.3 Å². The van der Waals surface area contributed by atoms with Gasteiger partial charge in [-0.15, -0.1) is 0 Å². The van der Waals surface area contributed by atoms with Crippen LogP contribution in [0.4, 0.5) is 0 Å². The molecule has 1 rings (SSSR count). The number of benzene rings is 1. The predicted molar refractivity (Wildman–Crippen MR) is 81.4 cm³/mol. The molecule has 0 fully saturated rings. The normalized spacial score (nSPS) is 13.2. The van der Waals surface area contributed by atoms with Gasteiger partial charge in [0.2, 0.25) is 5.91 Å². The van der Waals surface area contributed by atoms with Crippen molar-refractivity contribution in [2.45, 2.75) is 38.4 Å². The van der Waals surface area contributed by atoms with Gasteiger partial charge in [0.25, 0.3) is 0 Å². The van der Waals surface area contributed by atoms with Crippen molar-refractivity contribution in [1.29, 1.82) is 0 Å². The SMILES string of the molecule is CCOC(=O)CCC(=O)c1ccc(C(O)C(O)CC(N)=O)cc1. The summed E-state index contributed by atoms with van der Waals surface area (Å²) in [6.45, 7) is 1.96. The van der Waals surface area contributed by atoms with E-state index in [0.717, 1.165) is 0 Å². The number of hydrogen-bond acceptors (Lipinski definition) is 6. The Morgan fingerprint density at radius 1 is 1.13 bits per heavy atom. The monoisotopic (exact) mass is 323 g/mol. The van der Waals surface area contributed by atoms with Gasteiger partial charge in [-0.1, -0.05) is 24.3 Å². The van der Waals surface area contributed by atoms with Crippen molar-refractivity contribution in [2.24, 2.45) is 5.73 Å². The molecule has 0 aliphatic rings. The van der Waals surface area contributed by atoms with Crippen LogP contribution in [-0.4, -0.2) is 40.6 Å². The number of esters is 1. The summed E-state index contributed by atoms with van der Waals surface area (Å²) in [4.78, 5) is 33.9. The molecule has 0 spiro atoms. The van der Waals surface area contributed by atoms with E-state index in [-0.39, 0.29) is 31.7 Å². The van der Waals surface area contributed by atoms with E-state index in [1.165, 1.54) is 24.3 Å². The summed E-state index contributed by atoms with van der Waals surface area (Å²) >= 11 is 0. The number of carbonyl (C=O) groups excluding carboxylic acids is 3. The summed E-state index contributed by atoms with van der Waals surface area (Å²) < 4.78 is 4.75. The number of primary amides is 1. The van der Waals surface area contributed by atoms with Crippen molar-refractivity contribution in [1.82, 2.24) is 0 Å². The second kappa shape index (κ2) is 9.02. The molecule has 7 nitrogen and oxygen atoms in total. The summed E-state index contributed by atoms with van der Waals surface area (Å²) in [7, 11) is 0. The van der Waals surface area contributed by atoms with E-state index >= 15 is 0 Å². The van der Waals surface area contributed by atoms with Crippen LogP contribution in [0.2, 0.25) is 0 Å². The largest absolute Gasteiger partial charge is 0.466 e. The highest BCUT2D eigenvalue weighted by Gasteiger charge is 2.20. The minimum absolute atomic E-state index is 0.00831. The smallest absolute Gasteiger partial charge is 0.306 e. The highest BCUT2D eigenvalue weighted by atomic mass is 16.5. The number of aliphatic hydroxyl groups is 2. The molecular formula is C16H21NO6. The van der Waals surface area contributed by atoms with Gasteiger partial charge in [-0.2, -0.15) is 0 Å². The first-order valence-electron chi connectivity index (χ1n) is 7.28. The molecule has 0 heterocycles. The Hall–Kier alpha value is -2.25. The van der Waals surface area contributed by atoms with E-state index in [4.69, 9.17) is 10.5 Å². The summed E-state index contributed by atoms with van der Waals surface area (Å²) in [5.41, 5.74) is 5.71. The van der Waals surface area contributed by atoms with Gasteiger partial charge in [-0.05, 0) is 12.5 Å². The topological polar surface area (TPSA) is 127 Å². The van der Waals surface area contributed by atoms with Gasteiger partial charge in [0, 0.05) is 12.0 Å². The molecule has 2 unspecified atom stereocenters. The van der Waals surface area contributed by atoms with Crippen molar-refractivity contribution >= 4 is 17.7 Å². The Bertz CT molecular complexity index is 554. The Morgan fingerprint density at radius 2 is 1.74 bits per heavy atom. The van der Waals surface area contributed by atoms with Crippen molar-refractivity contribution in [3.05, 3.63) is 35.4 Å². The van der Waals surface area contributed by atoms with Crippen LogP contribution >= 0.6 is 0 Å². The van der Waals surface area contributed by atoms with E-state index in [1.807, 2.05) is 0 Å². The average molecular weight is 323 g/mol. The van der Waals surface area contributed by atoms with E-state index in [0.29, 0.717) is 11.1 Å². The number of ketones is 1. The molecule has 1 aromatic carbocycles. The van der Waals surface area contributed by atoms with Gasteiger partial charge in [0.15, 0.2) is 5.78 Å². The van der Waals surface area contributed by atoms with Gasteiger partial charge < -0.3 is 20.7 Å². The number of hydrogen-bond donors (Lipinski definition) is 3. The maximum atomic E-state index is 11.9. The molecule has 0 bridgehead atoms. The quantitative estimate of drug-likeness (QED) is 0.448. The number of ether oxygens (including phenoxy) is 1. The molecule has 0 aliphatic heterocycles. The van der Waals surface area contributed by atoms with E-state index < -0.39 is 24.1 Å². The molecule has 1 amide bonds. The summed E-state index contributed by atoms with van der Waals surface area (Å²) in [5, 5.41) is 19.5. The molecule has 0 radical (unpaired) electrons. The van der Waals surface area contributed by atoms with Gasteiger partial charge in [0.05, 0.1) is 25.6 Å². The first-order valence-corrected chi connectivity index (χ1v) is 7.28. The standard InChI is InChI=1S/C16H21NO6/c1-2-23-15(21)8-7-12(18)10-3-5-11(6-4-10)16(22)13(19)9-14(17)20/h3-6,13,16,19,22H,2,7-9H2,1H3,(H2,17,20). The summed E-state index contributed by atoms with van der Waals surface area (Å²) in [6.07, 6.45) is -2.90. The average Bonchev–Trinajstić information content (AvgIpc) is 2.51. The van der Waals surface area contributed by atoms with Gasteiger partial charge in [-0.3, -0.25) is 14.4 Å². The van der Waals surface area contributed by atoms with Crippen molar-refractivity contribution < 1.29 is 29.3 Å². The third kappa shape index (κ3) is 6.17. The molecule has 0 saturated carbocycles. The number of nitrogens with two attached hydrogens (primary N) is 1. The molecule has 0 aromatic heterocycles. The molecule has 1 aromatic rings. The second-order valence-corrected chi connectivity index (χ2v) is 5.03. The maximum absolute atomic E-state index is 11.9. The van der Waals surface area contributed by atoms with E-state index in [9.17, 15) is 24.6 Å². The Kier molecular flexibility index (Phi) is 7.37. The molecule has 23 heavy (non-hydrogen) atoms. The number of aliphatic hydroxyl groups excluding tert-OH is 2. The zero-order valence-electron chi connectivity index (χ0n) is 12.9. The van der Waals surface area contributed by atoms with Crippen molar-refractivity contribution in [3.63, 3.8) is 0 Å². The van der Waals surface area contributed by atoms with E-state index in [2.05, 4.69) is 0 Å². The maximum Gasteiger partial charge on any atom is 0.306 e. The first-order chi connectivity index (χ1) is 10.8. The molecule has 0 saturated heterocycles. The molecule has 126 valence electrons. The minimum atomic E-state index is -1.31. The molecule has 4 N–H and O–H groups in total. The van der Waals surface area contributed by atoms with Crippen molar-refractivity contribution in [2.75, 3.05) is 6.61 Å². The highest BCUT2D eigenvalue weighted by molar-refractivity contribution is 5.97. The van der Waals surface area contributed by atoms with Crippen LogP contribution in [0.1, 0.15) is 48.2 Å². The molecule has 7 heteroatoms. The van der Waals surface area contributed by atoms with Gasteiger partial charge in [0.1, 0.15) is 6.10 Å². The number of amides is 1. The second-order valence-electron chi connectivity index (χ2n) is 5.03. The minimum Gasteiger partial charge on any atom is -0.466 e. The van der Waals surface area contributed by atoms with Gasteiger partial charge >= 0.3 is 5.97 Å². The number of Topliss-reactive ketones (excluding diaryl/α,β-unsaturated/α-hetero) is 1. The Morgan fingerprint density at radius 3 is 2.26 bits per heavy atom. The Balaban J connectivity index is 2.63.